The normalized spacial score (nSPS) is 23.1. The van der Waals surface area contributed by atoms with Crippen LogP contribution in [0.3, 0.4) is 0 Å². The molecule has 0 bridgehead atoms. The van der Waals surface area contributed by atoms with Gasteiger partial charge in [-0.2, -0.15) is 4.98 Å². The lowest BCUT2D eigenvalue weighted by molar-refractivity contribution is 0.556. The summed E-state index contributed by atoms with van der Waals surface area (Å²) < 4.78 is 0. The quantitative estimate of drug-likeness (QED) is 0.907. The van der Waals surface area contributed by atoms with Gasteiger partial charge in [0.15, 0.2) is 0 Å². The highest BCUT2D eigenvalue weighted by atomic mass is 15.3. The van der Waals surface area contributed by atoms with Gasteiger partial charge in [-0.15, -0.1) is 0 Å². The highest BCUT2D eigenvalue weighted by Crippen LogP contribution is 2.28. The van der Waals surface area contributed by atoms with E-state index in [1.54, 1.807) is 0 Å². The Morgan fingerprint density at radius 3 is 2.91 bits per heavy atom. The first-order valence-electron chi connectivity index (χ1n) is 8.39. The molecule has 2 N–H and O–H groups in total. The summed E-state index contributed by atoms with van der Waals surface area (Å²) in [7, 11) is 0. The van der Waals surface area contributed by atoms with Crippen molar-refractivity contribution < 1.29 is 0 Å². The van der Waals surface area contributed by atoms with Gasteiger partial charge in [-0.3, -0.25) is 0 Å². The van der Waals surface area contributed by atoms with Gasteiger partial charge >= 0.3 is 0 Å². The Morgan fingerprint density at radius 1 is 1.22 bits per heavy atom. The zero-order chi connectivity index (χ0) is 15.6. The number of benzene rings is 1. The fraction of sp³-hybridized carbons (Fsp3) is 0.444. The SMILES string of the molecule is Cc1ccc(CNc2nccc(N3C[C@H]4CCN[C@H]4C3)n2)cc1. The van der Waals surface area contributed by atoms with Crippen LogP contribution in [0.1, 0.15) is 17.5 Å². The van der Waals surface area contributed by atoms with E-state index in [2.05, 4.69) is 51.7 Å². The van der Waals surface area contributed by atoms with Gasteiger partial charge in [0.05, 0.1) is 0 Å². The van der Waals surface area contributed by atoms with Gasteiger partial charge in [0, 0.05) is 31.9 Å². The van der Waals surface area contributed by atoms with Crippen LogP contribution in [0.2, 0.25) is 0 Å². The Balaban J connectivity index is 1.41. The molecule has 5 heteroatoms. The third-order valence-electron chi connectivity index (χ3n) is 4.90. The van der Waals surface area contributed by atoms with E-state index in [9.17, 15) is 0 Å². The molecule has 1 aromatic heterocycles. The zero-order valence-electron chi connectivity index (χ0n) is 13.5. The minimum Gasteiger partial charge on any atom is -0.355 e. The van der Waals surface area contributed by atoms with Gasteiger partial charge in [0.2, 0.25) is 5.95 Å². The van der Waals surface area contributed by atoms with Crippen LogP contribution in [0.5, 0.6) is 0 Å². The molecule has 1 aromatic carbocycles. The first-order valence-corrected chi connectivity index (χ1v) is 8.39. The average Bonchev–Trinajstić information content (AvgIpc) is 3.16. The predicted octanol–water partition coefficient (Wildman–Crippen LogP) is 2.20. The first kappa shape index (κ1) is 14.5. The van der Waals surface area contributed by atoms with Crippen molar-refractivity contribution in [3.8, 4) is 0 Å². The van der Waals surface area contributed by atoms with Crippen LogP contribution < -0.4 is 15.5 Å². The molecule has 3 heterocycles. The van der Waals surface area contributed by atoms with Gasteiger partial charge in [-0.25, -0.2) is 4.98 Å². The Kier molecular flexibility index (Phi) is 3.87. The fourth-order valence-corrected chi connectivity index (χ4v) is 3.53. The highest BCUT2D eigenvalue weighted by molar-refractivity contribution is 5.44. The molecule has 2 aliphatic heterocycles. The lowest BCUT2D eigenvalue weighted by atomic mass is 10.1. The summed E-state index contributed by atoms with van der Waals surface area (Å²) in [5.41, 5.74) is 2.52. The van der Waals surface area contributed by atoms with Crippen LogP contribution in [-0.2, 0) is 6.54 Å². The molecular formula is C18H23N5. The lowest BCUT2D eigenvalue weighted by Crippen LogP contribution is -2.30. The maximum absolute atomic E-state index is 4.69. The third-order valence-corrected chi connectivity index (χ3v) is 4.90. The second kappa shape index (κ2) is 6.16. The van der Waals surface area contributed by atoms with Gasteiger partial charge in [0.1, 0.15) is 5.82 Å². The van der Waals surface area contributed by atoms with E-state index in [4.69, 9.17) is 4.98 Å². The van der Waals surface area contributed by atoms with Crippen molar-refractivity contribution in [2.24, 2.45) is 5.92 Å². The topological polar surface area (TPSA) is 53.1 Å². The zero-order valence-corrected chi connectivity index (χ0v) is 13.5. The van der Waals surface area contributed by atoms with Crippen LogP contribution in [0, 0.1) is 12.8 Å². The van der Waals surface area contributed by atoms with Crippen molar-refractivity contribution in [1.82, 2.24) is 15.3 Å². The Morgan fingerprint density at radius 2 is 2.09 bits per heavy atom. The van der Waals surface area contributed by atoms with Crippen molar-refractivity contribution in [1.29, 1.82) is 0 Å². The van der Waals surface area contributed by atoms with Crippen LogP contribution in [0.15, 0.2) is 36.5 Å². The van der Waals surface area contributed by atoms with E-state index in [0.29, 0.717) is 12.0 Å². The van der Waals surface area contributed by atoms with E-state index < -0.39 is 0 Å². The van der Waals surface area contributed by atoms with Gasteiger partial charge in [-0.05, 0) is 37.4 Å². The van der Waals surface area contributed by atoms with Crippen LogP contribution in [0.4, 0.5) is 11.8 Å². The average molecular weight is 309 g/mol. The molecule has 4 rings (SSSR count). The molecule has 2 fully saturated rings. The van der Waals surface area contributed by atoms with Crippen LogP contribution in [-0.4, -0.2) is 35.6 Å². The molecule has 2 aromatic rings. The third kappa shape index (κ3) is 3.15. The van der Waals surface area contributed by atoms with Crippen molar-refractivity contribution in [2.75, 3.05) is 29.9 Å². The monoisotopic (exact) mass is 309 g/mol. The Labute approximate surface area is 137 Å². The van der Waals surface area contributed by atoms with Crippen LogP contribution >= 0.6 is 0 Å². The van der Waals surface area contributed by atoms with E-state index in [1.807, 2.05) is 12.3 Å². The Hall–Kier alpha value is -2.14. The van der Waals surface area contributed by atoms with Crippen molar-refractivity contribution in [3.63, 3.8) is 0 Å². The molecule has 0 radical (unpaired) electrons. The fourth-order valence-electron chi connectivity index (χ4n) is 3.53. The molecule has 2 saturated heterocycles. The number of fused-ring (bicyclic) bond motifs is 1. The molecule has 0 spiro atoms. The largest absolute Gasteiger partial charge is 0.355 e. The van der Waals surface area contributed by atoms with E-state index in [1.165, 1.54) is 17.5 Å². The minimum absolute atomic E-state index is 0.633. The maximum atomic E-state index is 4.69. The summed E-state index contributed by atoms with van der Waals surface area (Å²) in [6.07, 6.45) is 3.13. The number of aryl methyl sites for hydroxylation is 1. The standard InChI is InChI=1S/C18H23N5/c1-13-2-4-14(5-3-13)10-21-18-20-9-7-17(22-18)23-11-15-6-8-19-16(15)12-23/h2-5,7,9,15-16,19H,6,8,10-12H2,1H3,(H,20,21,22)/t15-,16+/m1/s1. The summed E-state index contributed by atoms with van der Waals surface area (Å²) in [4.78, 5) is 11.4. The minimum atomic E-state index is 0.633. The number of hydrogen-bond acceptors (Lipinski definition) is 5. The maximum Gasteiger partial charge on any atom is 0.224 e. The summed E-state index contributed by atoms with van der Waals surface area (Å²) in [5.74, 6) is 2.50. The highest BCUT2D eigenvalue weighted by Gasteiger charge is 2.36. The molecule has 120 valence electrons. The second-order valence-corrected chi connectivity index (χ2v) is 6.59. The molecule has 0 saturated carbocycles. The Bertz CT molecular complexity index is 657. The number of nitrogens with one attached hydrogen (secondary N) is 2. The molecule has 2 aliphatic rings. The molecule has 2 atom stereocenters. The van der Waals surface area contributed by atoms with Crippen LogP contribution in [0.25, 0.3) is 0 Å². The number of rotatable bonds is 4. The first-order chi connectivity index (χ1) is 11.3. The summed E-state index contributed by atoms with van der Waals surface area (Å²) in [6, 6.07) is 11.2. The number of hydrogen-bond donors (Lipinski definition) is 2. The van der Waals surface area contributed by atoms with E-state index in [-0.39, 0.29) is 0 Å². The smallest absolute Gasteiger partial charge is 0.224 e. The van der Waals surface area contributed by atoms with E-state index >= 15 is 0 Å². The number of aromatic nitrogens is 2. The molecule has 0 aliphatic carbocycles. The number of nitrogens with zero attached hydrogens (tertiary/aromatic N) is 3. The summed E-state index contributed by atoms with van der Waals surface area (Å²) >= 11 is 0. The van der Waals surface area contributed by atoms with Crippen molar-refractivity contribution in [2.45, 2.75) is 25.9 Å². The van der Waals surface area contributed by atoms with Gasteiger partial charge < -0.3 is 15.5 Å². The molecule has 5 nitrogen and oxygen atoms in total. The molecule has 23 heavy (non-hydrogen) atoms. The summed E-state index contributed by atoms with van der Waals surface area (Å²) in [5, 5.41) is 6.91. The molecular weight excluding hydrogens is 286 g/mol. The van der Waals surface area contributed by atoms with Crippen molar-refractivity contribution in [3.05, 3.63) is 47.7 Å². The predicted molar refractivity (Wildman–Crippen MR) is 92.6 cm³/mol. The molecule has 0 unspecified atom stereocenters. The van der Waals surface area contributed by atoms with Crippen molar-refractivity contribution >= 4 is 11.8 Å². The van der Waals surface area contributed by atoms with Gasteiger partial charge in [-0.1, -0.05) is 29.8 Å². The number of anilines is 2. The lowest BCUT2D eigenvalue weighted by Gasteiger charge is -2.18. The summed E-state index contributed by atoms with van der Waals surface area (Å²) in [6.45, 7) is 6.17. The van der Waals surface area contributed by atoms with E-state index in [0.717, 1.165) is 37.9 Å². The van der Waals surface area contributed by atoms with Gasteiger partial charge in [0.25, 0.3) is 0 Å². The second-order valence-electron chi connectivity index (χ2n) is 6.59. The molecule has 0 amide bonds.